The molecule has 6 heteroatoms. The van der Waals surface area contributed by atoms with Crippen LogP contribution >= 0.6 is 0 Å². The van der Waals surface area contributed by atoms with E-state index in [1.54, 1.807) is 30.2 Å². The molecular formula is C15H18N2O4. The summed E-state index contributed by atoms with van der Waals surface area (Å²) in [5, 5.41) is 10.6. The Balaban J connectivity index is 1.91. The highest BCUT2D eigenvalue weighted by atomic mass is 16.6. The van der Waals surface area contributed by atoms with Gasteiger partial charge in [0.1, 0.15) is 0 Å². The summed E-state index contributed by atoms with van der Waals surface area (Å²) in [4.78, 5) is 23.9. The Morgan fingerprint density at radius 2 is 1.95 bits per heavy atom. The van der Waals surface area contributed by atoms with E-state index in [2.05, 4.69) is 0 Å². The van der Waals surface area contributed by atoms with Gasteiger partial charge in [0.05, 0.1) is 11.0 Å². The molecule has 0 spiro atoms. The first-order valence-corrected chi connectivity index (χ1v) is 6.84. The molecule has 1 aromatic carbocycles. The van der Waals surface area contributed by atoms with Gasteiger partial charge in [0.25, 0.3) is 5.69 Å². The third-order valence-corrected chi connectivity index (χ3v) is 3.61. The molecule has 0 aliphatic carbocycles. The van der Waals surface area contributed by atoms with Gasteiger partial charge in [0.15, 0.2) is 0 Å². The summed E-state index contributed by atoms with van der Waals surface area (Å²) >= 11 is 0. The Morgan fingerprint density at radius 1 is 1.33 bits per heavy atom. The predicted octanol–water partition coefficient (Wildman–Crippen LogP) is 2.25. The molecule has 0 aromatic heterocycles. The predicted molar refractivity (Wildman–Crippen MR) is 78.7 cm³/mol. The van der Waals surface area contributed by atoms with E-state index in [-0.39, 0.29) is 17.7 Å². The number of carbonyl (C=O) groups excluding carboxylic acids is 1. The minimum absolute atomic E-state index is 0.0390. The fourth-order valence-corrected chi connectivity index (χ4v) is 2.29. The Kier molecular flexibility index (Phi) is 5.05. The van der Waals surface area contributed by atoms with Crippen molar-refractivity contribution in [2.45, 2.75) is 18.9 Å². The molecule has 1 saturated heterocycles. The number of hydrogen-bond acceptors (Lipinski definition) is 4. The Morgan fingerprint density at radius 3 is 2.48 bits per heavy atom. The molecule has 1 aliphatic rings. The zero-order valence-corrected chi connectivity index (χ0v) is 11.9. The maximum atomic E-state index is 12.0. The molecule has 1 fully saturated rings. The number of hydrogen-bond donors (Lipinski definition) is 0. The normalized spacial score (nSPS) is 16.3. The lowest BCUT2D eigenvalue weighted by molar-refractivity contribution is -0.384. The first-order chi connectivity index (χ1) is 10.1. The van der Waals surface area contributed by atoms with Gasteiger partial charge < -0.3 is 9.64 Å². The molecule has 1 amide bonds. The maximum absolute atomic E-state index is 12.0. The number of nitro groups is 1. The standard InChI is InChI=1S/C15H18N2O4/c1-21-14-8-10-16(11-9-14)15(18)7-4-12-2-5-13(6-3-12)17(19)20/h2-7,14H,8-11H2,1H3/b7-4+. The number of rotatable bonds is 4. The summed E-state index contributed by atoms with van der Waals surface area (Å²) < 4.78 is 5.27. The molecule has 1 heterocycles. The van der Waals surface area contributed by atoms with Crippen molar-refractivity contribution in [1.29, 1.82) is 0 Å². The van der Waals surface area contributed by atoms with Gasteiger partial charge in [0, 0.05) is 38.4 Å². The van der Waals surface area contributed by atoms with Gasteiger partial charge in [-0.3, -0.25) is 14.9 Å². The number of ether oxygens (including phenoxy) is 1. The largest absolute Gasteiger partial charge is 0.381 e. The van der Waals surface area contributed by atoms with E-state index in [0.29, 0.717) is 13.1 Å². The number of likely N-dealkylation sites (tertiary alicyclic amines) is 1. The van der Waals surface area contributed by atoms with Gasteiger partial charge in [-0.15, -0.1) is 0 Å². The molecule has 21 heavy (non-hydrogen) atoms. The van der Waals surface area contributed by atoms with Gasteiger partial charge in [-0.25, -0.2) is 0 Å². The van der Waals surface area contributed by atoms with Crippen LogP contribution in [-0.2, 0) is 9.53 Å². The van der Waals surface area contributed by atoms with Gasteiger partial charge in [-0.1, -0.05) is 0 Å². The summed E-state index contributed by atoms with van der Waals surface area (Å²) in [6.07, 6.45) is 5.14. The van der Waals surface area contributed by atoms with Crippen LogP contribution < -0.4 is 0 Å². The minimum Gasteiger partial charge on any atom is -0.381 e. The van der Waals surface area contributed by atoms with E-state index in [4.69, 9.17) is 4.74 Å². The molecule has 112 valence electrons. The van der Waals surface area contributed by atoms with E-state index < -0.39 is 4.92 Å². The number of piperidine rings is 1. The molecule has 0 saturated carbocycles. The highest BCUT2D eigenvalue weighted by Gasteiger charge is 2.20. The number of benzene rings is 1. The van der Waals surface area contributed by atoms with E-state index in [0.717, 1.165) is 18.4 Å². The first kappa shape index (κ1) is 15.2. The Bertz CT molecular complexity index is 531. The number of amides is 1. The highest BCUT2D eigenvalue weighted by Crippen LogP contribution is 2.15. The quantitative estimate of drug-likeness (QED) is 0.484. The zero-order valence-electron chi connectivity index (χ0n) is 11.9. The average Bonchev–Trinajstić information content (AvgIpc) is 2.53. The molecule has 1 aromatic rings. The van der Waals surface area contributed by atoms with Gasteiger partial charge in [-0.05, 0) is 36.6 Å². The van der Waals surface area contributed by atoms with Crippen LogP contribution in [0.5, 0.6) is 0 Å². The summed E-state index contributed by atoms with van der Waals surface area (Å²) in [5.74, 6) is -0.0390. The SMILES string of the molecule is COC1CCN(C(=O)/C=C/c2ccc([N+](=O)[O-])cc2)CC1. The lowest BCUT2D eigenvalue weighted by Crippen LogP contribution is -2.39. The van der Waals surface area contributed by atoms with Crippen molar-refractivity contribution in [3.63, 3.8) is 0 Å². The van der Waals surface area contributed by atoms with Gasteiger partial charge in [0.2, 0.25) is 5.91 Å². The van der Waals surface area contributed by atoms with Crippen LogP contribution in [0.3, 0.4) is 0 Å². The molecule has 0 radical (unpaired) electrons. The molecule has 0 unspecified atom stereocenters. The van der Waals surface area contributed by atoms with Crippen LogP contribution in [0.4, 0.5) is 5.69 Å². The van der Waals surface area contributed by atoms with Crippen LogP contribution in [0.1, 0.15) is 18.4 Å². The van der Waals surface area contributed by atoms with Crippen LogP contribution in [0.15, 0.2) is 30.3 Å². The lowest BCUT2D eigenvalue weighted by atomic mass is 10.1. The minimum atomic E-state index is -0.446. The Labute approximate surface area is 123 Å². The number of non-ortho nitro benzene ring substituents is 1. The third-order valence-electron chi connectivity index (χ3n) is 3.61. The second-order valence-corrected chi connectivity index (χ2v) is 4.94. The average molecular weight is 290 g/mol. The van der Waals surface area contributed by atoms with Gasteiger partial charge in [-0.2, -0.15) is 0 Å². The van der Waals surface area contributed by atoms with E-state index in [9.17, 15) is 14.9 Å². The molecule has 2 rings (SSSR count). The monoisotopic (exact) mass is 290 g/mol. The van der Waals surface area contributed by atoms with Crippen molar-refractivity contribution in [2.75, 3.05) is 20.2 Å². The fraction of sp³-hybridized carbons (Fsp3) is 0.400. The molecule has 0 atom stereocenters. The topological polar surface area (TPSA) is 72.7 Å². The van der Waals surface area contributed by atoms with E-state index in [1.807, 2.05) is 0 Å². The number of nitrogens with zero attached hydrogens (tertiary/aromatic N) is 2. The molecule has 0 N–H and O–H groups in total. The van der Waals surface area contributed by atoms with Gasteiger partial charge >= 0.3 is 0 Å². The smallest absolute Gasteiger partial charge is 0.269 e. The fourth-order valence-electron chi connectivity index (χ4n) is 2.29. The van der Waals surface area contributed by atoms with Crippen LogP contribution in [0, 0.1) is 10.1 Å². The number of methoxy groups -OCH3 is 1. The summed E-state index contributed by atoms with van der Waals surface area (Å²) in [6.45, 7) is 1.39. The highest BCUT2D eigenvalue weighted by molar-refractivity contribution is 5.91. The van der Waals surface area contributed by atoms with Crippen LogP contribution in [-0.4, -0.2) is 42.0 Å². The summed E-state index contributed by atoms with van der Waals surface area (Å²) in [6, 6.07) is 6.10. The zero-order chi connectivity index (χ0) is 15.2. The van der Waals surface area contributed by atoms with Crippen molar-refractivity contribution in [1.82, 2.24) is 4.90 Å². The molecular weight excluding hydrogens is 272 g/mol. The van der Waals surface area contributed by atoms with Crippen molar-refractivity contribution >= 4 is 17.7 Å². The van der Waals surface area contributed by atoms with Crippen molar-refractivity contribution in [3.8, 4) is 0 Å². The van der Waals surface area contributed by atoms with Crippen molar-refractivity contribution in [3.05, 3.63) is 46.0 Å². The summed E-state index contributed by atoms with van der Waals surface area (Å²) in [5.41, 5.74) is 0.806. The van der Waals surface area contributed by atoms with E-state index in [1.165, 1.54) is 18.2 Å². The maximum Gasteiger partial charge on any atom is 0.269 e. The second-order valence-electron chi connectivity index (χ2n) is 4.94. The molecule has 6 nitrogen and oxygen atoms in total. The second kappa shape index (κ2) is 6.99. The van der Waals surface area contributed by atoms with Crippen LogP contribution in [0.25, 0.3) is 6.08 Å². The Hall–Kier alpha value is -2.21. The molecule has 0 bridgehead atoms. The van der Waals surface area contributed by atoms with E-state index >= 15 is 0 Å². The van der Waals surface area contributed by atoms with Crippen molar-refractivity contribution < 1.29 is 14.5 Å². The molecule has 1 aliphatic heterocycles. The summed E-state index contributed by atoms with van der Waals surface area (Å²) in [7, 11) is 1.69. The third kappa shape index (κ3) is 4.13. The first-order valence-electron chi connectivity index (χ1n) is 6.84. The number of carbonyl (C=O) groups is 1. The van der Waals surface area contributed by atoms with Crippen LogP contribution in [0.2, 0.25) is 0 Å². The lowest BCUT2D eigenvalue weighted by Gasteiger charge is -2.30. The number of nitro benzene ring substituents is 1. The van der Waals surface area contributed by atoms with Crippen molar-refractivity contribution in [2.24, 2.45) is 0 Å².